The van der Waals surface area contributed by atoms with Crippen LogP contribution in [0.2, 0.25) is 0 Å². The van der Waals surface area contributed by atoms with Crippen LogP contribution >= 0.6 is 24.0 Å². The first-order chi connectivity index (χ1) is 12.6. The van der Waals surface area contributed by atoms with Crippen LogP contribution in [0.5, 0.6) is 0 Å². The Morgan fingerprint density at radius 1 is 1.22 bits per heavy atom. The van der Waals surface area contributed by atoms with Gasteiger partial charge in [0.05, 0.1) is 0 Å². The molecule has 27 heavy (non-hydrogen) atoms. The Morgan fingerprint density at radius 2 is 1.96 bits per heavy atom. The molecule has 1 aromatic carbocycles. The quantitative estimate of drug-likeness (QED) is 0.217. The third-order valence-corrected chi connectivity index (χ3v) is 4.90. The summed E-state index contributed by atoms with van der Waals surface area (Å²) in [5.74, 6) is 1.72. The van der Waals surface area contributed by atoms with Gasteiger partial charge in [0.1, 0.15) is 0 Å². The molecule has 0 radical (unpaired) electrons. The zero-order valence-electron chi connectivity index (χ0n) is 16.9. The maximum absolute atomic E-state index is 11.8. The molecule has 0 heterocycles. The highest BCUT2D eigenvalue weighted by atomic mass is 127. The number of carbonyl (C=O) groups is 1. The molecule has 152 valence electrons. The molecule has 6 heteroatoms. The Bertz CT molecular complexity index is 602. The number of aryl methyl sites for hydroxylation is 1. The van der Waals surface area contributed by atoms with Crippen molar-refractivity contribution in [1.82, 2.24) is 16.0 Å². The number of nitrogens with zero attached hydrogens (tertiary/aromatic N) is 1. The fourth-order valence-electron chi connectivity index (χ4n) is 2.97. The Hall–Kier alpha value is -1.31. The molecule has 1 fully saturated rings. The van der Waals surface area contributed by atoms with Gasteiger partial charge in [-0.05, 0) is 38.7 Å². The van der Waals surface area contributed by atoms with Gasteiger partial charge >= 0.3 is 0 Å². The molecule has 0 aliphatic heterocycles. The van der Waals surface area contributed by atoms with Crippen molar-refractivity contribution in [3.8, 4) is 0 Å². The van der Waals surface area contributed by atoms with Crippen LogP contribution in [0.15, 0.2) is 29.3 Å². The van der Waals surface area contributed by atoms with Crippen LogP contribution in [0, 0.1) is 12.8 Å². The van der Waals surface area contributed by atoms with Crippen LogP contribution < -0.4 is 16.0 Å². The van der Waals surface area contributed by atoms with E-state index >= 15 is 0 Å². The first kappa shape index (κ1) is 23.7. The summed E-state index contributed by atoms with van der Waals surface area (Å²) in [5.41, 5.74) is 2.61. The van der Waals surface area contributed by atoms with Crippen LogP contribution in [0.4, 0.5) is 0 Å². The van der Waals surface area contributed by atoms with Crippen LogP contribution in [0.1, 0.15) is 56.6 Å². The lowest BCUT2D eigenvalue weighted by molar-refractivity contribution is -0.127. The van der Waals surface area contributed by atoms with E-state index in [1.54, 1.807) is 0 Å². The lowest BCUT2D eigenvalue weighted by atomic mass is 9.85. The SMILES string of the molecule is CCNC(=NCC(C)c1cccc(C)c1)NCCCNC(=O)C1CCC1.I. The van der Waals surface area contributed by atoms with Crippen molar-refractivity contribution < 1.29 is 4.79 Å². The van der Waals surface area contributed by atoms with Crippen molar-refractivity contribution in [3.63, 3.8) is 0 Å². The van der Waals surface area contributed by atoms with Gasteiger partial charge in [0.15, 0.2) is 5.96 Å². The van der Waals surface area contributed by atoms with Crippen LogP contribution in [-0.2, 0) is 4.79 Å². The molecule has 0 saturated heterocycles. The number of amides is 1. The Labute approximate surface area is 181 Å². The fourth-order valence-corrected chi connectivity index (χ4v) is 2.97. The highest BCUT2D eigenvalue weighted by Gasteiger charge is 2.24. The highest BCUT2D eigenvalue weighted by molar-refractivity contribution is 14.0. The summed E-state index contributed by atoms with van der Waals surface area (Å²) in [6.45, 7) is 9.50. The maximum Gasteiger partial charge on any atom is 0.223 e. The topological polar surface area (TPSA) is 65.5 Å². The number of benzene rings is 1. The molecule has 1 unspecified atom stereocenters. The van der Waals surface area contributed by atoms with Crippen LogP contribution in [0.3, 0.4) is 0 Å². The zero-order valence-corrected chi connectivity index (χ0v) is 19.2. The molecule has 0 aromatic heterocycles. The van der Waals surface area contributed by atoms with Gasteiger partial charge in [-0.2, -0.15) is 0 Å². The van der Waals surface area contributed by atoms with E-state index in [9.17, 15) is 4.79 Å². The van der Waals surface area contributed by atoms with Gasteiger partial charge in [-0.3, -0.25) is 9.79 Å². The fraction of sp³-hybridized carbons (Fsp3) is 0.619. The molecule has 1 aliphatic carbocycles. The number of halogens is 1. The number of aliphatic imine (C=N–C) groups is 1. The minimum absolute atomic E-state index is 0. The lowest BCUT2D eigenvalue weighted by Gasteiger charge is -2.24. The van der Waals surface area contributed by atoms with Crippen molar-refractivity contribution >= 4 is 35.8 Å². The van der Waals surface area contributed by atoms with E-state index in [0.717, 1.165) is 51.4 Å². The summed E-state index contributed by atoms with van der Waals surface area (Å²) < 4.78 is 0. The van der Waals surface area contributed by atoms with Crippen LogP contribution in [-0.4, -0.2) is 38.0 Å². The molecule has 3 N–H and O–H groups in total. The van der Waals surface area contributed by atoms with E-state index < -0.39 is 0 Å². The second-order valence-electron chi connectivity index (χ2n) is 7.23. The standard InChI is InChI=1S/C21H34N4O.HI/c1-4-22-21(24-13-7-12-23-20(26)18-9-6-10-18)25-15-17(3)19-11-5-8-16(2)14-19;/h5,8,11,14,17-18H,4,6-7,9-10,12-13,15H2,1-3H3,(H,23,26)(H2,22,24,25);1H. The Kier molecular flexibility index (Phi) is 11.4. The van der Waals surface area contributed by atoms with Crippen LogP contribution in [0.25, 0.3) is 0 Å². The molecule has 2 rings (SSSR count). The number of hydrogen-bond donors (Lipinski definition) is 3. The predicted octanol–water partition coefficient (Wildman–Crippen LogP) is 3.58. The summed E-state index contributed by atoms with van der Waals surface area (Å²) in [4.78, 5) is 16.5. The van der Waals surface area contributed by atoms with E-state index in [4.69, 9.17) is 4.99 Å². The van der Waals surface area contributed by atoms with Crippen molar-refractivity contribution in [2.45, 2.75) is 52.4 Å². The van der Waals surface area contributed by atoms with Gasteiger partial charge in [-0.15, -0.1) is 24.0 Å². The smallest absolute Gasteiger partial charge is 0.223 e. The summed E-state index contributed by atoms with van der Waals surface area (Å²) in [6.07, 6.45) is 4.21. The third-order valence-electron chi connectivity index (χ3n) is 4.90. The highest BCUT2D eigenvalue weighted by Crippen LogP contribution is 2.26. The zero-order chi connectivity index (χ0) is 18.8. The van der Waals surface area contributed by atoms with Gasteiger partial charge in [0.2, 0.25) is 5.91 Å². The van der Waals surface area contributed by atoms with E-state index in [2.05, 4.69) is 61.0 Å². The second-order valence-corrected chi connectivity index (χ2v) is 7.23. The number of guanidine groups is 1. The van der Waals surface area contributed by atoms with Gasteiger partial charge in [0, 0.05) is 38.0 Å². The molecule has 0 bridgehead atoms. The summed E-state index contributed by atoms with van der Waals surface area (Å²) >= 11 is 0. The average Bonchev–Trinajstić information content (AvgIpc) is 2.57. The van der Waals surface area contributed by atoms with Crippen molar-refractivity contribution in [2.24, 2.45) is 10.9 Å². The first-order valence-electron chi connectivity index (χ1n) is 9.96. The largest absolute Gasteiger partial charge is 0.357 e. The normalized spacial score (nSPS) is 15.3. The lowest BCUT2D eigenvalue weighted by Crippen LogP contribution is -2.40. The van der Waals surface area contributed by atoms with Gasteiger partial charge in [0.25, 0.3) is 0 Å². The molecule has 1 saturated carbocycles. The van der Waals surface area contributed by atoms with E-state index in [0.29, 0.717) is 5.92 Å². The first-order valence-corrected chi connectivity index (χ1v) is 9.96. The molecule has 1 aliphatic rings. The summed E-state index contributed by atoms with van der Waals surface area (Å²) in [6, 6.07) is 8.62. The molecule has 1 amide bonds. The number of rotatable bonds is 9. The summed E-state index contributed by atoms with van der Waals surface area (Å²) in [7, 11) is 0. The van der Waals surface area contributed by atoms with Crippen molar-refractivity contribution in [3.05, 3.63) is 35.4 Å². The minimum atomic E-state index is 0. The minimum Gasteiger partial charge on any atom is -0.357 e. The van der Waals surface area contributed by atoms with Gasteiger partial charge < -0.3 is 16.0 Å². The predicted molar refractivity (Wildman–Crippen MR) is 124 cm³/mol. The molecular weight excluding hydrogens is 451 g/mol. The van der Waals surface area contributed by atoms with Gasteiger partial charge in [-0.25, -0.2) is 0 Å². The summed E-state index contributed by atoms with van der Waals surface area (Å²) in [5, 5.41) is 9.67. The van der Waals surface area contributed by atoms with Gasteiger partial charge in [-0.1, -0.05) is 43.2 Å². The molecular formula is C21H35IN4O. The number of hydrogen-bond acceptors (Lipinski definition) is 2. The number of nitrogens with one attached hydrogen (secondary N) is 3. The second kappa shape index (κ2) is 13.0. The van der Waals surface area contributed by atoms with E-state index in [-0.39, 0.29) is 35.8 Å². The monoisotopic (exact) mass is 486 g/mol. The van der Waals surface area contributed by atoms with Crippen molar-refractivity contribution in [1.29, 1.82) is 0 Å². The van der Waals surface area contributed by atoms with E-state index in [1.165, 1.54) is 17.5 Å². The van der Waals surface area contributed by atoms with E-state index in [1.807, 2.05) is 0 Å². The molecule has 1 atom stereocenters. The molecule has 0 spiro atoms. The number of carbonyl (C=O) groups excluding carboxylic acids is 1. The average molecular weight is 486 g/mol. The Balaban J connectivity index is 0.00000364. The van der Waals surface area contributed by atoms with Crippen molar-refractivity contribution in [2.75, 3.05) is 26.2 Å². The third kappa shape index (κ3) is 8.49. The molecule has 5 nitrogen and oxygen atoms in total. The molecule has 1 aromatic rings. The Morgan fingerprint density at radius 3 is 2.59 bits per heavy atom. The maximum atomic E-state index is 11.8.